The highest BCUT2D eigenvalue weighted by Gasteiger charge is 2.22. The molecule has 3 aromatic carbocycles. The number of hydrogen-bond donors (Lipinski definition) is 0. The Bertz CT molecular complexity index is 1320. The lowest BCUT2D eigenvalue weighted by Gasteiger charge is -2.14. The van der Waals surface area contributed by atoms with Crippen LogP contribution in [0.5, 0.6) is 23.0 Å². The van der Waals surface area contributed by atoms with Crippen LogP contribution in [0.25, 0.3) is 0 Å². The van der Waals surface area contributed by atoms with E-state index in [1.54, 1.807) is 67.8 Å². The van der Waals surface area contributed by atoms with Gasteiger partial charge in [-0.1, -0.05) is 58.5 Å². The van der Waals surface area contributed by atoms with Crippen LogP contribution in [-0.4, -0.2) is 44.2 Å². The van der Waals surface area contributed by atoms with E-state index in [1.807, 2.05) is 0 Å². The van der Waals surface area contributed by atoms with E-state index in [0.717, 1.165) is 0 Å². The molecule has 3 aromatic rings. The van der Waals surface area contributed by atoms with E-state index in [2.05, 4.69) is 0 Å². The number of benzene rings is 3. The Morgan fingerprint density at radius 2 is 1.51 bits per heavy atom. The second-order valence-corrected chi connectivity index (χ2v) is 10.5. The maximum absolute atomic E-state index is 12.9. The molecule has 0 saturated carbocycles. The van der Waals surface area contributed by atoms with E-state index < -0.39 is 10.8 Å². The van der Waals surface area contributed by atoms with Crippen molar-refractivity contribution in [1.29, 1.82) is 0 Å². The van der Waals surface area contributed by atoms with Gasteiger partial charge in [0.25, 0.3) is 0 Å². The number of ketones is 1. The smallest absolute Gasteiger partial charge is 0.211 e. The number of carbonyl (C=O) groups excluding carboxylic acids is 1. The summed E-state index contributed by atoms with van der Waals surface area (Å²) in [6.07, 6.45) is 2.02. The fraction of sp³-hybridized carbons (Fsp3) is 0.276. The zero-order valence-electron chi connectivity index (χ0n) is 22.0. The van der Waals surface area contributed by atoms with Crippen LogP contribution in [0.3, 0.4) is 0 Å². The molecule has 0 aliphatic carbocycles. The summed E-state index contributed by atoms with van der Waals surface area (Å²) >= 11 is 23.7. The first-order chi connectivity index (χ1) is 19.7. The molecule has 0 bridgehead atoms. The normalized spacial score (nSPS) is 11.3. The minimum absolute atomic E-state index is 0.00188. The molecule has 0 heterocycles. The van der Waals surface area contributed by atoms with Crippen molar-refractivity contribution in [3.63, 3.8) is 0 Å². The van der Waals surface area contributed by atoms with Gasteiger partial charge in [0.15, 0.2) is 11.5 Å². The maximum Gasteiger partial charge on any atom is 0.211 e. The summed E-state index contributed by atoms with van der Waals surface area (Å²) < 4.78 is 22.2. The van der Waals surface area contributed by atoms with Crippen molar-refractivity contribution in [3.8, 4) is 23.0 Å². The lowest BCUT2D eigenvalue weighted by atomic mass is 9.91. The first-order valence-electron chi connectivity index (χ1n) is 12.4. The molecular weight excluding hydrogens is 616 g/mol. The first kappa shape index (κ1) is 32.3. The number of rotatable bonds is 16. The number of ether oxygens (including phenoxy) is 4. The highest BCUT2D eigenvalue weighted by molar-refractivity contribution is 6.55. The first-order valence-corrected chi connectivity index (χ1v) is 13.9. The van der Waals surface area contributed by atoms with Crippen molar-refractivity contribution in [2.75, 3.05) is 33.5 Å². The van der Waals surface area contributed by atoms with E-state index >= 15 is 0 Å². The summed E-state index contributed by atoms with van der Waals surface area (Å²) in [5, 5.41) is 11.8. The molecular formula is C29H27Cl4NO7. The van der Waals surface area contributed by atoms with Crippen LogP contribution in [-0.2, 0) is 0 Å². The van der Waals surface area contributed by atoms with Crippen LogP contribution in [0.4, 0.5) is 0 Å². The van der Waals surface area contributed by atoms with E-state index in [1.165, 1.54) is 6.08 Å². The number of hydrogen-bond acceptors (Lipinski definition) is 7. The summed E-state index contributed by atoms with van der Waals surface area (Å²) in [7, 11) is 1.54. The molecule has 0 radical (unpaired) electrons. The molecule has 0 spiro atoms. The Labute approximate surface area is 257 Å². The van der Waals surface area contributed by atoms with Gasteiger partial charge >= 0.3 is 0 Å². The lowest BCUT2D eigenvalue weighted by Crippen LogP contribution is -2.16. The second kappa shape index (κ2) is 16.3. The SMILES string of the molecule is COc1ccc(C(CC(=O)c2ccc(OCCCOc3c(Cl)cc(OCC=C(Cl)Cl)cc3Cl)cc2)C[N+](=O)[O-])cc1. The van der Waals surface area contributed by atoms with Crippen molar-refractivity contribution in [3.05, 3.63) is 103 Å². The summed E-state index contributed by atoms with van der Waals surface area (Å²) in [6.45, 7) is 0.451. The van der Waals surface area contributed by atoms with E-state index in [9.17, 15) is 14.9 Å². The minimum atomic E-state index is -0.558. The third-order valence-electron chi connectivity index (χ3n) is 5.83. The number of Topliss-reactive ketones (excluding diaryl/α,β-unsaturated/α-hetero) is 1. The minimum Gasteiger partial charge on any atom is -0.497 e. The van der Waals surface area contributed by atoms with Crippen LogP contribution >= 0.6 is 46.4 Å². The Balaban J connectivity index is 1.47. The fourth-order valence-electron chi connectivity index (χ4n) is 3.80. The summed E-state index contributed by atoms with van der Waals surface area (Å²) in [4.78, 5) is 23.7. The molecule has 1 atom stereocenters. The van der Waals surface area contributed by atoms with E-state index in [-0.39, 0.29) is 29.8 Å². The standard InChI is InChI=1S/C29H27Cl4NO7/c1-38-22-7-3-19(4-8-22)21(18-34(36)37)15-27(35)20-5-9-23(10-6-20)39-12-2-13-41-29-25(30)16-24(17-26(29)31)40-14-11-28(32)33/h3-11,16-17,21H,2,12-15,18H2,1H3. The molecule has 3 rings (SSSR count). The number of methoxy groups -OCH3 is 1. The van der Waals surface area contributed by atoms with Gasteiger partial charge in [-0.3, -0.25) is 14.9 Å². The average Bonchev–Trinajstić information content (AvgIpc) is 2.93. The third-order valence-corrected chi connectivity index (χ3v) is 6.70. The van der Waals surface area contributed by atoms with Crippen LogP contribution in [0.15, 0.2) is 71.2 Å². The summed E-state index contributed by atoms with van der Waals surface area (Å²) in [5.41, 5.74) is 1.15. The van der Waals surface area contributed by atoms with Crippen molar-refractivity contribution >= 4 is 52.2 Å². The molecule has 1 unspecified atom stereocenters. The molecule has 12 heteroatoms. The molecule has 0 aromatic heterocycles. The molecule has 0 N–H and O–H groups in total. The van der Waals surface area contributed by atoms with Gasteiger partial charge in [-0.15, -0.1) is 0 Å². The topological polar surface area (TPSA) is 97.1 Å². The molecule has 0 aliphatic rings. The lowest BCUT2D eigenvalue weighted by molar-refractivity contribution is -0.483. The van der Waals surface area contributed by atoms with Gasteiger partial charge in [-0.25, -0.2) is 0 Å². The van der Waals surface area contributed by atoms with Gasteiger partial charge in [-0.2, -0.15) is 0 Å². The molecule has 0 amide bonds. The van der Waals surface area contributed by atoms with Gasteiger partial charge in [0.2, 0.25) is 6.54 Å². The number of carbonyl (C=O) groups is 1. The van der Waals surface area contributed by atoms with Crippen molar-refractivity contribution in [1.82, 2.24) is 0 Å². The monoisotopic (exact) mass is 641 g/mol. The summed E-state index contributed by atoms with van der Waals surface area (Å²) in [6, 6.07) is 16.7. The zero-order valence-corrected chi connectivity index (χ0v) is 25.0. The fourth-order valence-corrected chi connectivity index (χ4v) is 4.51. The number of nitrogens with zero attached hydrogens (tertiary/aromatic N) is 1. The largest absolute Gasteiger partial charge is 0.497 e. The molecule has 0 aliphatic heterocycles. The van der Waals surface area contributed by atoms with E-state index in [0.29, 0.717) is 63.8 Å². The van der Waals surface area contributed by atoms with Crippen molar-refractivity contribution in [2.24, 2.45) is 0 Å². The molecule has 8 nitrogen and oxygen atoms in total. The Morgan fingerprint density at radius 3 is 2.10 bits per heavy atom. The van der Waals surface area contributed by atoms with Crippen LogP contribution in [0.2, 0.25) is 10.0 Å². The zero-order chi connectivity index (χ0) is 29.8. The van der Waals surface area contributed by atoms with Gasteiger partial charge < -0.3 is 18.9 Å². The van der Waals surface area contributed by atoms with Gasteiger partial charge in [0.05, 0.1) is 36.3 Å². The number of nitro groups is 1. The van der Waals surface area contributed by atoms with Crippen LogP contribution in [0, 0.1) is 10.1 Å². The highest BCUT2D eigenvalue weighted by Crippen LogP contribution is 2.37. The molecule has 218 valence electrons. The van der Waals surface area contributed by atoms with Crippen LogP contribution in [0.1, 0.15) is 34.7 Å². The highest BCUT2D eigenvalue weighted by atomic mass is 35.5. The van der Waals surface area contributed by atoms with Gasteiger partial charge in [0, 0.05) is 35.5 Å². The Morgan fingerprint density at radius 1 is 0.902 bits per heavy atom. The van der Waals surface area contributed by atoms with E-state index in [4.69, 9.17) is 65.4 Å². The van der Waals surface area contributed by atoms with Gasteiger partial charge in [0.1, 0.15) is 28.3 Å². The molecule has 41 heavy (non-hydrogen) atoms. The van der Waals surface area contributed by atoms with Crippen molar-refractivity contribution in [2.45, 2.75) is 18.8 Å². The molecule has 0 saturated heterocycles. The molecule has 0 fully saturated rings. The van der Waals surface area contributed by atoms with Gasteiger partial charge in [-0.05, 0) is 48.0 Å². The predicted octanol–water partition coefficient (Wildman–Crippen LogP) is 8.18. The van der Waals surface area contributed by atoms with Crippen molar-refractivity contribution < 1.29 is 28.7 Å². The quantitative estimate of drug-likeness (QED) is 0.0672. The number of halogens is 4. The average molecular weight is 643 g/mol. The summed E-state index contributed by atoms with van der Waals surface area (Å²) in [5.74, 6) is 1.23. The van der Waals surface area contributed by atoms with Crippen LogP contribution < -0.4 is 18.9 Å². The Hall–Kier alpha value is -3.17. The third kappa shape index (κ3) is 10.6. The predicted molar refractivity (Wildman–Crippen MR) is 160 cm³/mol. The Kier molecular flexibility index (Phi) is 12.9. The maximum atomic E-state index is 12.9. The second-order valence-electron chi connectivity index (χ2n) is 8.71.